The number of amides is 2. The van der Waals surface area contributed by atoms with Gasteiger partial charge in [0, 0.05) is 11.4 Å². The second kappa shape index (κ2) is 8.28. The van der Waals surface area contributed by atoms with Crippen LogP contribution in [0.4, 0.5) is 16.2 Å². The van der Waals surface area contributed by atoms with Crippen molar-refractivity contribution in [3.63, 3.8) is 0 Å². The first-order valence-corrected chi connectivity index (χ1v) is 10.1. The average molecular weight is 404 g/mol. The van der Waals surface area contributed by atoms with Gasteiger partial charge in [0.15, 0.2) is 0 Å². The SMILES string of the molecule is Cc1cc(C)cc(NC(=O)Nc2ccccc2Cc2nc(-c3cccs3)no2)c1. The Morgan fingerprint density at radius 3 is 2.59 bits per heavy atom. The molecule has 0 aliphatic rings. The third-order valence-electron chi connectivity index (χ3n) is 4.30. The summed E-state index contributed by atoms with van der Waals surface area (Å²) >= 11 is 1.56. The molecule has 7 heteroatoms. The maximum atomic E-state index is 12.5. The van der Waals surface area contributed by atoms with E-state index in [0.29, 0.717) is 23.8 Å². The zero-order valence-electron chi connectivity index (χ0n) is 16.1. The van der Waals surface area contributed by atoms with Gasteiger partial charge in [-0.25, -0.2) is 4.79 Å². The molecule has 0 aliphatic heterocycles. The molecule has 2 N–H and O–H groups in total. The lowest BCUT2D eigenvalue weighted by Crippen LogP contribution is -2.20. The standard InChI is InChI=1S/C22H20N4O2S/c1-14-10-15(2)12-17(11-14)23-22(27)24-18-7-4-3-6-16(18)13-20-25-21(26-28-20)19-8-5-9-29-19/h3-12H,13H2,1-2H3,(H2,23,24,27). The second-order valence-electron chi connectivity index (χ2n) is 6.78. The molecule has 4 aromatic rings. The Bertz CT molecular complexity index is 1120. The van der Waals surface area contributed by atoms with E-state index in [-0.39, 0.29) is 6.03 Å². The predicted molar refractivity (Wildman–Crippen MR) is 115 cm³/mol. The Kier molecular flexibility index (Phi) is 5.39. The number of aromatic nitrogens is 2. The Balaban J connectivity index is 1.47. The van der Waals surface area contributed by atoms with Crippen molar-refractivity contribution in [2.24, 2.45) is 0 Å². The molecule has 0 radical (unpaired) electrons. The van der Waals surface area contributed by atoms with Gasteiger partial charge in [0.1, 0.15) is 0 Å². The largest absolute Gasteiger partial charge is 0.339 e. The van der Waals surface area contributed by atoms with Gasteiger partial charge in [0.25, 0.3) is 0 Å². The minimum atomic E-state index is -0.299. The number of rotatable bonds is 5. The molecule has 0 saturated carbocycles. The minimum Gasteiger partial charge on any atom is -0.339 e. The number of anilines is 2. The van der Waals surface area contributed by atoms with Crippen molar-refractivity contribution < 1.29 is 9.32 Å². The van der Waals surface area contributed by atoms with Crippen LogP contribution in [0.25, 0.3) is 10.7 Å². The van der Waals surface area contributed by atoms with Crippen LogP contribution in [0.1, 0.15) is 22.6 Å². The number of benzene rings is 2. The highest BCUT2D eigenvalue weighted by atomic mass is 32.1. The van der Waals surface area contributed by atoms with Gasteiger partial charge in [0.05, 0.1) is 11.3 Å². The van der Waals surface area contributed by atoms with Gasteiger partial charge in [-0.15, -0.1) is 11.3 Å². The molecule has 2 aromatic carbocycles. The average Bonchev–Trinajstić information content (AvgIpc) is 3.34. The van der Waals surface area contributed by atoms with Crippen molar-refractivity contribution in [3.05, 3.63) is 82.6 Å². The number of hydrogen-bond acceptors (Lipinski definition) is 5. The summed E-state index contributed by atoms with van der Waals surface area (Å²) < 4.78 is 5.39. The first kappa shape index (κ1) is 18.9. The summed E-state index contributed by atoms with van der Waals surface area (Å²) in [5.41, 5.74) is 4.54. The molecule has 4 rings (SSSR count). The zero-order chi connectivity index (χ0) is 20.2. The molecule has 0 atom stereocenters. The van der Waals surface area contributed by atoms with E-state index in [4.69, 9.17) is 4.52 Å². The summed E-state index contributed by atoms with van der Waals surface area (Å²) in [4.78, 5) is 17.9. The van der Waals surface area contributed by atoms with Crippen molar-refractivity contribution in [1.82, 2.24) is 10.1 Å². The molecular formula is C22H20N4O2S. The van der Waals surface area contributed by atoms with Crippen LogP contribution in [0.3, 0.4) is 0 Å². The van der Waals surface area contributed by atoms with Gasteiger partial charge in [-0.2, -0.15) is 4.98 Å². The van der Waals surface area contributed by atoms with E-state index >= 15 is 0 Å². The van der Waals surface area contributed by atoms with E-state index in [1.54, 1.807) is 11.3 Å². The van der Waals surface area contributed by atoms with E-state index < -0.39 is 0 Å². The third-order valence-corrected chi connectivity index (χ3v) is 5.16. The molecule has 2 aromatic heterocycles. The molecule has 0 bridgehead atoms. The maximum Gasteiger partial charge on any atom is 0.323 e. The molecule has 0 unspecified atom stereocenters. The summed E-state index contributed by atoms with van der Waals surface area (Å²) in [6.45, 7) is 4.00. The fourth-order valence-electron chi connectivity index (χ4n) is 3.12. The van der Waals surface area contributed by atoms with Crippen LogP contribution in [0.15, 0.2) is 64.5 Å². The van der Waals surface area contributed by atoms with Crippen LogP contribution in [0.2, 0.25) is 0 Å². The number of urea groups is 1. The number of thiophene rings is 1. The van der Waals surface area contributed by atoms with Gasteiger partial charge in [0.2, 0.25) is 11.7 Å². The van der Waals surface area contributed by atoms with E-state index in [9.17, 15) is 4.79 Å². The fourth-order valence-corrected chi connectivity index (χ4v) is 3.77. The van der Waals surface area contributed by atoms with Gasteiger partial charge < -0.3 is 15.2 Å². The van der Waals surface area contributed by atoms with Crippen LogP contribution < -0.4 is 10.6 Å². The minimum absolute atomic E-state index is 0.299. The number of aryl methyl sites for hydroxylation is 2. The Hall–Kier alpha value is -3.45. The predicted octanol–water partition coefficient (Wildman–Crippen LogP) is 5.65. The summed E-state index contributed by atoms with van der Waals surface area (Å²) in [5, 5.41) is 11.8. The first-order chi connectivity index (χ1) is 14.1. The lowest BCUT2D eigenvalue weighted by Gasteiger charge is -2.12. The summed E-state index contributed by atoms with van der Waals surface area (Å²) in [7, 11) is 0. The van der Waals surface area contributed by atoms with Crippen LogP contribution in [-0.4, -0.2) is 16.2 Å². The van der Waals surface area contributed by atoms with Crippen molar-refractivity contribution in [2.45, 2.75) is 20.3 Å². The topological polar surface area (TPSA) is 80.0 Å². The highest BCUT2D eigenvalue weighted by Gasteiger charge is 2.13. The molecule has 0 spiro atoms. The second-order valence-corrected chi connectivity index (χ2v) is 7.73. The van der Waals surface area contributed by atoms with Crippen molar-refractivity contribution in [1.29, 1.82) is 0 Å². The third kappa shape index (κ3) is 4.70. The van der Waals surface area contributed by atoms with Crippen LogP contribution >= 0.6 is 11.3 Å². The van der Waals surface area contributed by atoms with Gasteiger partial charge in [-0.05, 0) is 60.2 Å². The summed E-state index contributed by atoms with van der Waals surface area (Å²) in [6, 6.07) is 17.1. The number of nitrogens with one attached hydrogen (secondary N) is 2. The smallest absolute Gasteiger partial charge is 0.323 e. The maximum absolute atomic E-state index is 12.5. The van der Waals surface area contributed by atoms with Crippen LogP contribution in [-0.2, 0) is 6.42 Å². The quantitative estimate of drug-likeness (QED) is 0.450. The van der Waals surface area contributed by atoms with Crippen LogP contribution in [0.5, 0.6) is 0 Å². The molecule has 6 nitrogen and oxygen atoms in total. The molecule has 29 heavy (non-hydrogen) atoms. The van der Waals surface area contributed by atoms with Gasteiger partial charge >= 0.3 is 6.03 Å². The van der Waals surface area contributed by atoms with E-state index in [1.165, 1.54) is 0 Å². The molecular weight excluding hydrogens is 384 g/mol. The molecule has 2 heterocycles. The molecule has 0 fully saturated rings. The first-order valence-electron chi connectivity index (χ1n) is 9.17. The molecule has 2 amide bonds. The van der Waals surface area contributed by atoms with Crippen molar-refractivity contribution in [3.8, 4) is 10.7 Å². The van der Waals surface area contributed by atoms with Crippen molar-refractivity contribution in [2.75, 3.05) is 10.6 Å². The molecule has 0 saturated heterocycles. The lowest BCUT2D eigenvalue weighted by molar-refractivity contribution is 0.262. The van der Waals surface area contributed by atoms with E-state index in [1.807, 2.05) is 67.8 Å². The monoisotopic (exact) mass is 404 g/mol. The number of para-hydroxylation sites is 1. The fraction of sp³-hybridized carbons (Fsp3) is 0.136. The molecule has 146 valence electrons. The summed E-state index contributed by atoms with van der Waals surface area (Å²) in [5.74, 6) is 1.07. The Morgan fingerprint density at radius 1 is 1.03 bits per heavy atom. The van der Waals surface area contributed by atoms with E-state index in [0.717, 1.165) is 27.3 Å². The number of hydrogen-bond donors (Lipinski definition) is 2. The number of carbonyl (C=O) groups is 1. The summed E-state index contributed by atoms with van der Waals surface area (Å²) in [6.07, 6.45) is 0.429. The van der Waals surface area contributed by atoms with Gasteiger partial charge in [-0.1, -0.05) is 35.5 Å². The Labute approximate surface area is 172 Å². The highest BCUT2D eigenvalue weighted by Crippen LogP contribution is 2.24. The highest BCUT2D eigenvalue weighted by molar-refractivity contribution is 7.13. The Morgan fingerprint density at radius 2 is 1.83 bits per heavy atom. The van der Waals surface area contributed by atoms with Crippen LogP contribution in [0, 0.1) is 13.8 Å². The van der Waals surface area contributed by atoms with Gasteiger partial charge in [-0.3, -0.25) is 0 Å². The molecule has 0 aliphatic carbocycles. The van der Waals surface area contributed by atoms with E-state index in [2.05, 4.69) is 26.8 Å². The lowest BCUT2D eigenvalue weighted by atomic mass is 10.1. The van der Waals surface area contributed by atoms with Crippen molar-refractivity contribution >= 4 is 28.7 Å². The number of carbonyl (C=O) groups excluding carboxylic acids is 1. The number of nitrogens with zero attached hydrogens (tertiary/aromatic N) is 2. The normalized spacial score (nSPS) is 10.7. The zero-order valence-corrected chi connectivity index (χ0v) is 16.9.